The summed E-state index contributed by atoms with van der Waals surface area (Å²) >= 11 is 0. The molecule has 0 aromatic heterocycles. The summed E-state index contributed by atoms with van der Waals surface area (Å²) in [5.74, 6) is -0.788. The van der Waals surface area contributed by atoms with E-state index in [1.165, 1.54) is 32.1 Å². The summed E-state index contributed by atoms with van der Waals surface area (Å²) in [7, 11) is 0. The summed E-state index contributed by atoms with van der Waals surface area (Å²) in [5, 5.41) is 0. The molecule has 8 fully saturated rings. The molecule has 0 aromatic rings. The van der Waals surface area contributed by atoms with Gasteiger partial charge in [-0.2, -0.15) is 8.78 Å². The van der Waals surface area contributed by atoms with Gasteiger partial charge < -0.3 is 14.2 Å². The molecule has 0 aromatic carbocycles. The Hall–Kier alpha value is -1.24. The van der Waals surface area contributed by atoms with Crippen LogP contribution in [0, 0.1) is 52.8 Å². The Kier molecular flexibility index (Phi) is 5.32. The molecular formula is C26H36F2O5. The maximum atomic E-state index is 13.4. The molecule has 0 radical (unpaired) electrons. The smallest absolute Gasteiger partial charge is 0.376 e. The van der Waals surface area contributed by atoms with Crippen LogP contribution in [-0.4, -0.2) is 37.4 Å². The van der Waals surface area contributed by atoms with E-state index >= 15 is 0 Å². The van der Waals surface area contributed by atoms with Gasteiger partial charge in [-0.05, 0) is 112 Å². The molecule has 7 heteroatoms. The minimum atomic E-state index is -3.49. The average Bonchev–Trinajstić information content (AvgIpc) is 2.73. The van der Waals surface area contributed by atoms with Gasteiger partial charge in [-0.15, -0.1) is 0 Å². The Morgan fingerprint density at radius 2 is 1.42 bits per heavy atom. The summed E-state index contributed by atoms with van der Waals surface area (Å²) < 4.78 is 43.6. The van der Waals surface area contributed by atoms with Crippen molar-refractivity contribution >= 4 is 11.9 Å². The Morgan fingerprint density at radius 3 is 2.00 bits per heavy atom. The highest BCUT2D eigenvalue weighted by atomic mass is 19.3. The van der Waals surface area contributed by atoms with E-state index in [-0.39, 0.29) is 24.6 Å². The highest BCUT2D eigenvalue weighted by Gasteiger charge is 2.61. The van der Waals surface area contributed by atoms with Crippen LogP contribution < -0.4 is 0 Å². The molecule has 2 unspecified atom stereocenters. The third-order valence-electron chi connectivity index (χ3n) is 10.2. The van der Waals surface area contributed by atoms with Crippen LogP contribution in [0.3, 0.4) is 0 Å². The Morgan fingerprint density at radius 1 is 0.848 bits per heavy atom. The molecule has 8 bridgehead atoms. The monoisotopic (exact) mass is 466 g/mol. The first kappa shape index (κ1) is 22.2. The lowest BCUT2D eigenvalue weighted by Gasteiger charge is -2.57. The molecule has 2 atom stereocenters. The van der Waals surface area contributed by atoms with Crippen LogP contribution >= 0.6 is 0 Å². The number of alkyl halides is 2. The second-order valence-electron chi connectivity index (χ2n) is 12.5. The first-order valence-electron chi connectivity index (χ1n) is 13.0. The van der Waals surface area contributed by atoms with Crippen molar-refractivity contribution in [1.82, 2.24) is 0 Å². The topological polar surface area (TPSA) is 61.8 Å². The Bertz CT molecular complexity index is 763. The molecule has 0 spiro atoms. The van der Waals surface area contributed by atoms with Crippen LogP contribution in [0.1, 0.15) is 71.1 Å². The molecule has 0 aliphatic heterocycles. The molecule has 8 aliphatic rings. The number of ether oxygens (including phenoxy) is 3. The summed E-state index contributed by atoms with van der Waals surface area (Å²) in [5.41, 5.74) is -0.569. The van der Waals surface area contributed by atoms with E-state index in [1.807, 2.05) is 0 Å². The van der Waals surface area contributed by atoms with Gasteiger partial charge in [-0.25, -0.2) is 4.79 Å². The molecule has 184 valence electrons. The minimum absolute atomic E-state index is 0.00382. The van der Waals surface area contributed by atoms with E-state index in [2.05, 4.69) is 0 Å². The lowest BCUT2D eigenvalue weighted by Crippen LogP contribution is -2.58. The highest BCUT2D eigenvalue weighted by Crippen LogP contribution is 2.61. The maximum Gasteiger partial charge on any atom is 0.376 e. The fourth-order valence-electron chi connectivity index (χ4n) is 9.39. The number of carbonyl (C=O) groups excluding carboxylic acids is 2. The average molecular weight is 467 g/mol. The van der Waals surface area contributed by atoms with Gasteiger partial charge in [0, 0.05) is 6.92 Å². The molecule has 0 heterocycles. The largest absolute Gasteiger partial charge is 0.457 e. The SMILES string of the molecule is CC(F)(F)C(=O)OC1C2CC3CC1CC(C(=O)OCOCC1C4CC5CC(C4)CC1C5)(C3)C2. The zero-order valence-electron chi connectivity index (χ0n) is 19.5. The number of carbonyl (C=O) groups is 2. The molecule has 8 rings (SSSR count). The molecule has 33 heavy (non-hydrogen) atoms. The van der Waals surface area contributed by atoms with Crippen molar-refractivity contribution < 1.29 is 32.6 Å². The minimum Gasteiger partial charge on any atom is -0.457 e. The number of rotatable bonds is 7. The molecule has 5 nitrogen and oxygen atoms in total. The van der Waals surface area contributed by atoms with E-state index in [9.17, 15) is 18.4 Å². The number of esters is 2. The van der Waals surface area contributed by atoms with Gasteiger partial charge in [-0.1, -0.05) is 0 Å². The normalized spacial score (nSPS) is 47.1. The summed E-state index contributed by atoms with van der Waals surface area (Å²) in [6, 6.07) is 0. The lowest BCUT2D eigenvalue weighted by atomic mass is 9.48. The fourth-order valence-corrected chi connectivity index (χ4v) is 9.39. The first-order chi connectivity index (χ1) is 15.7. The van der Waals surface area contributed by atoms with E-state index in [4.69, 9.17) is 14.2 Å². The van der Waals surface area contributed by atoms with Gasteiger partial charge in [0.1, 0.15) is 6.10 Å². The maximum absolute atomic E-state index is 13.4. The van der Waals surface area contributed by atoms with Crippen LogP contribution in [0.25, 0.3) is 0 Å². The number of halogens is 2. The van der Waals surface area contributed by atoms with Crippen molar-refractivity contribution in [2.75, 3.05) is 13.4 Å². The third kappa shape index (κ3) is 3.90. The summed E-state index contributed by atoms with van der Waals surface area (Å²) in [6.07, 6.45) is 9.91. The summed E-state index contributed by atoms with van der Waals surface area (Å²) in [4.78, 5) is 24.9. The van der Waals surface area contributed by atoms with E-state index in [0.717, 1.165) is 42.9 Å². The van der Waals surface area contributed by atoms with Gasteiger partial charge in [0.2, 0.25) is 0 Å². The van der Waals surface area contributed by atoms with Crippen molar-refractivity contribution in [3.05, 3.63) is 0 Å². The fraction of sp³-hybridized carbons (Fsp3) is 0.923. The number of hydrogen-bond donors (Lipinski definition) is 0. The zero-order chi connectivity index (χ0) is 23.0. The third-order valence-corrected chi connectivity index (χ3v) is 10.2. The van der Waals surface area contributed by atoms with Gasteiger partial charge in [0.05, 0.1) is 12.0 Å². The molecule has 8 aliphatic carbocycles. The van der Waals surface area contributed by atoms with Crippen molar-refractivity contribution in [2.24, 2.45) is 52.8 Å². The molecule has 0 N–H and O–H groups in total. The van der Waals surface area contributed by atoms with Crippen LogP contribution in [0.5, 0.6) is 0 Å². The first-order valence-corrected chi connectivity index (χ1v) is 13.0. The van der Waals surface area contributed by atoms with E-state index in [0.29, 0.717) is 38.2 Å². The van der Waals surface area contributed by atoms with E-state index in [1.54, 1.807) is 0 Å². The lowest BCUT2D eigenvalue weighted by molar-refractivity contribution is -0.211. The standard InChI is InChI=1S/C26H36F2O5/c1-25(27,28)23(29)33-22-19-7-16-8-20(22)11-26(9-16,10-19)24(30)32-13-31-12-21-17-3-14-2-15(5-17)6-18(21)4-14/h14-22H,2-13H2,1H3. The quantitative estimate of drug-likeness (QED) is 0.301. The van der Waals surface area contributed by atoms with Gasteiger partial charge in [0.15, 0.2) is 6.79 Å². The van der Waals surface area contributed by atoms with Crippen molar-refractivity contribution in [2.45, 2.75) is 83.2 Å². The predicted molar refractivity (Wildman–Crippen MR) is 114 cm³/mol. The van der Waals surface area contributed by atoms with Crippen LogP contribution in [0.15, 0.2) is 0 Å². The second kappa shape index (κ2) is 7.89. The second-order valence-corrected chi connectivity index (χ2v) is 12.5. The molecule has 0 saturated heterocycles. The highest BCUT2D eigenvalue weighted by molar-refractivity contribution is 5.78. The Balaban J connectivity index is 1.02. The summed E-state index contributed by atoms with van der Waals surface area (Å²) in [6.45, 7) is 1.27. The van der Waals surface area contributed by atoms with Crippen molar-refractivity contribution in [3.63, 3.8) is 0 Å². The van der Waals surface area contributed by atoms with Gasteiger partial charge in [0.25, 0.3) is 0 Å². The van der Waals surface area contributed by atoms with Crippen molar-refractivity contribution in [3.8, 4) is 0 Å². The Labute approximate surface area is 194 Å². The zero-order valence-corrected chi connectivity index (χ0v) is 19.5. The molecular weight excluding hydrogens is 430 g/mol. The van der Waals surface area contributed by atoms with Crippen LogP contribution in [0.4, 0.5) is 8.78 Å². The predicted octanol–water partition coefficient (Wildman–Crippen LogP) is 4.97. The molecule has 0 amide bonds. The van der Waals surface area contributed by atoms with Crippen molar-refractivity contribution in [1.29, 1.82) is 0 Å². The van der Waals surface area contributed by atoms with Gasteiger partial charge >= 0.3 is 17.9 Å². The number of hydrogen-bond acceptors (Lipinski definition) is 5. The van der Waals surface area contributed by atoms with Gasteiger partial charge in [-0.3, -0.25) is 4.79 Å². The van der Waals surface area contributed by atoms with Crippen LogP contribution in [-0.2, 0) is 23.8 Å². The molecule has 8 saturated carbocycles. The van der Waals surface area contributed by atoms with E-state index < -0.39 is 23.4 Å². The van der Waals surface area contributed by atoms with Crippen LogP contribution in [0.2, 0.25) is 0 Å².